The van der Waals surface area contributed by atoms with Gasteiger partial charge in [-0.05, 0) is 30.9 Å². The summed E-state index contributed by atoms with van der Waals surface area (Å²) in [6.07, 6.45) is 3.71. The number of hydrogen-bond acceptors (Lipinski definition) is 5. The molecule has 0 unspecified atom stereocenters. The Hall–Kier alpha value is -2.94. The molecule has 124 valence electrons. The van der Waals surface area contributed by atoms with E-state index in [0.717, 1.165) is 60.2 Å². The number of rotatable bonds is 3. The molecule has 1 fully saturated rings. The molecular weight excluding hydrogens is 312 g/mol. The Morgan fingerprint density at radius 1 is 1.16 bits per heavy atom. The molecule has 6 nitrogen and oxygen atoms in total. The average Bonchev–Trinajstić information content (AvgIpc) is 3.39. The van der Waals surface area contributed by atoms with Gasteiger partial charge in [-0.1, -0.05) is 18.2 Å². The highest BCUT2D eigenvalue weighted by Crippen LogP contribution is 2.33. The van der Waals surface area contributed by atoms with Crippen LogP contribution in [-0.4, -0.2) is 26.3 Å². The molecule has 2 aromatic heterocycles. The summed E-state index contributed by atoms with van der Waals surface area (Å²) in [5.74, 6) is 2.96. The van der Waals surface area contributed by atoms with Crippen LogP contribution in [0.3, 0.4) is 0 Å². The first-order valence-electron chi connectivity index (χ1n) is 8.77. The van der Waals surface area contributed by atoms with Gasteiger partial charge in [-0.25, -0.2) is 4.98 Å². The van der Waals surface area contributed by atoms with Crippen LogP contribution in [0.4, 0.5) is 5.69 Å². The maximum atomic E-state index is 9.31. The molecule has 2 aliphatic rings. The Labute approximate surface area is 145 Å². The molecule has 0 spiro atoms. The number of hydrogen-bond donors (Lipinski definition) is 0. The van der Waals surface area contributed by atoms with Crippen molar-refractivity contribution in [1.29, 1.82) is 5.26 Å². The van der Waals surface area contributed by atoms with Gasteiger partial charge in [-0.15, -0.1) is 10.2 Å². The molecule has 0 bridgehead atoms. The van der Waals surface area contributed by atoms with E-state index >= 15 is 0 Å². The SMILES string of the molecule is N#Cc1cc(N2CCn3c(CC4CC4)nnc3C2)c2ccccc2n1. The van der Waals surface area contributed by atoms with Crippen molar-refractivity contribution < 1.29 is 0 Å². The number of para-hydroxylation sites is 1. The van der Waals surface area contributed by atoms with Crippen LogP contribution in [0.5, 0.6) is 0 Å². The quantitative estimate of drug-likeness (QED) is 0.738. The Balaban J connectivity index is 1.51. The molecule has 0 radical (unpaired) electrons. The van der Waals surface area contributed by atoms with Gasteiger partial charge in [0, 0.05) is 30.6 Å². The normalized spacial score (nSPS) is 16.7. The maximum Gasteiger partial charge on any atom is 0.152 e. The van der Waals surface area contributed by atoms with Crippen LogP contribution in [-0.2, 0) is 19.5 Å². The zero-order chi connectivity index (χ0) is 16.8. The van der Waals surface area contributed by atoms with Crippen molar-refractivity contribution in [1.82, 2.24) is 19.7 Å². The molecule has 0 N–H and O–H groups in total. The molecule has 0 saturated heterocycles. The van der Waals surface area contributed by atoms with E-state index < -0.39 is 0 Å². The fourth-order valence-corrected chi connectivity index (χ4v) is 3.63. The molecule has 0 amide bonds. The first-order valence-corrected chi connectivity index (χ1v) is 8.77. The van der Waals surface area contributed by atoms with Crippen LogP contribution >= 0.6 is 0 Å². The van der Waals surface area contributed by atoms with E-state index in [1.54, 1.807) is 0 Å². The van der Waals surface area contributed by atoms with Gasteiger partial charge in [-0.2, -0.15) is 5.26 Å². The highest BCUT2D eigenvalue weighted by molar-refractivity contribution is 5.92. The third-order valence-electron chi connectivity index (χ3n) is 5.15. The van der Waals surface area contributed by atoms with Crippen LogP contribution in [0.2, 0.25) is 0 Å². The molecule has 3 aromatic rings. The predicted octanol–water partition coefficient (Wildman–Crippen LogP) is 2.67. The number of pyridine rings is 1. The lowest BCUT2D eigenvalue weighted by molar-refractivity contribution is 0.537. The molecule has 1 aliphatic carbocycles. The number of anilines is 1. The van der Waals surface area contributed by atoms with E-state index in [-0.39, 0.29) is 0 Å². The summed E-state index contributed by atoms with van der Waals surface area (Å²) < 4.78 is 2.28. The first-order chi connectivity index (χ1) is 12.3. The Kier molecular flexibility index (Phi) is 3.20. The molecule has 1 saturated carbocycles. The topological polar surface area (TPSA) is 70.6 Å². The zero-order valence-corrected chi connectivity index (χ0v) is 13.9. The van der Waals surface area contributed by atoms with Gasteiger partial charge < -0.3 is 9.47 Å². The zero-order valence-electron chi connectivity index (χ0n) is 13.9. The summed E-state index contributed by atoms with van der Waals surface area (Å²) in [5, 5.41) is 19.2. The summed E-state index contributed by atoms with van der Waals surface area (Å²) in [5.41, 5.74) is 2.37. The second-order valence-electron chi connectivity index (χ2n) is 6.91. The molecule has 0 atom stereocenters. The van der Waals surface area contributed by atoms with Gasteiger partial charge in [0.15, 0.2) is 5.82 Å². The van der Waals surface area contributed by atoms with Crippen molar-refractivity contribution in [2.75, 3.05) is 11.4 Å². The van der Waals surface area contributed by atoms with Crippen LogP contribution in [0.25, 0.3) is 10.9 Å². The van der Waals surface area contributed by atoms with Gasteiger partial charge in [0.25, 0.3) is 0 Å². The van der Waals surface area contributed by atoms with E-state index in [0.29, 0.717) is 5.69 Å². The second kappa shape index (κ2) is 5.55. The lowest BCUT2D eigenvalue weighted by Gasteiger charge is -2.30. The minimum Gasteiger partial charge on any atom is -0.362 e. The molecule has 25 heavy (non-hydrogen) atoms. The summed E-state index contributed by atoms with van der Waals surface area (Å²) in [6.45, 7) is 2.50. The molecule has 3 heterocycles. The average molecular weight is 330 g/mol. The van der Waals surface area contributed by atoms with Crippen molar-refractivity contribution in [3.05, 3.63) is 47.7 Å². The van der Waals surface area contributed by atoms with E-state index in [1.165, 1.54) is 12.8 Å². The minimum absolute atomic E-state index is 0.454. The van der Waals surface area contributed by atoms with Crippen molar-refractivity contribution in [3.8, 4) is 6.07 Å². The van der Waals surface area contributed by atoms with Gasteiger partial charge in [-0.3, -0.25) is 0 Å². The Morgan fingerprint density at radius 3 is 2.88 bits per heavy atom. The van der Waals surface area contributed by atoms with E-state index in [2.05, 4.69) is 36.8 Å². The highest BCUT2D eigenvalue weighted by atomic mass is 15.3. The van der Waals surface area contributed by atoms with Gasteiger partial charge >= 0.3 is 0 Å². The van der Waals surface area contributed by atoms with Crippen LogP contribution in [0.1, 0.15) is 30.2 Å². The maximum absolute atomic E-state index is 9.31. The number of fused-ring (bicyclic) bond motifs is 2. The van der Waals surface area contributed by atoms with Gasteiger partial charge in [0.1, 0.15) is 17.6 Å². The number of nitrogens with zero attached hydrogens (tertiary/aromatic N) is 6. The molecular formula is C19H18N6. The Morgan fingerprint density at radius 2 is 2.04 bits per heavy atom. The van der Waals surface area contributed by atoms with Crippen molar-refractivity contribution >= 4 is 16.6 Å². The van der Waals surface area contributed by atoms with Crippen molar-refractivity contribution in [3.63, 3.8) is 0 Å². The number of nitriles is 1. The summed E-state index contributed by atoms with van der Waals surface area (Å²) in [6, 6.07) is 12.1. The molecule has 6 heteroatoms. The van der Waals surface area contributed by atoms with Gasteiger partial charge in [0.2, 0.25) is 0 Å². The monoisotopic (exact) mass is 330 g/mol. The van der Waals surface area contributed by atoms with Crippen LogP contribution in [0.15, 0.2) is 30.3 Å². The van der Waals surface area contributed by atoms with Crippen LogP contribution < -0.4 is 4.90 Å². The summed E-state index contributed by atoms with van der Waals surface area (Å²) in [7, 11) is 0. The third-order valence-corrected chi connectivity index (χ3v) is 5.15. The molecule has 1 aromatic carbocycles. The third kappa shape index (κ3) is 2.52. The van der Waals surface area contributed by atoms with Crippen molar-refractivity contribution in [2.45, 2.75) is 32.4 Å². The second-order valence-corrected chi connectivity index (χ2v) is 6.91. The lowest BCUT2D eigenvalue weighted by Crippen LogP contribution is -2.34. The first kappa shape index (κ1) is 14.4. The molecule has 5 rings (SSSR count). The van der Waals surface area contributed by atoms with E-state index in [9.17, 15) is 5.26 Å². The summed E-state index contributed by atoms with van der Waals surface area (Å²) >= 11 is 0. The number of aromatic nitrogens is 4. The molecule has 1 aliphatic heterocycles. The fourth-order valence-electron chi connectivity index (χ4n) is 3.63. The van der Waals surface area contributed by atoms with Crippen molar-refractivity contribution in [2.24, 2.45) is 5.92 Å². The number of benzene rings is 1. The smallest absolute Gasteiger partial charge is 0.152 e. The van der Waals surface area contributed by atoms with Crippen LogP contribution in [0, 0.1) is 17.2 Å². The largest absolute Gasteiger partial charge is 0.362 e. The highest BCUT2D eigenvalue weighted by Gasteiger charge is 2.28. The lowest BCUT2D eigenvalue weighted by atomic mass is 10.1. The predicted molar refractivity (Wildman–Crippen MR) is 94.0 cm³/mol. The van der Waals surface area contributed by atoms with Gasteiger partial charge in [0.05, 0.1) is 12.1 Å². The fraction of sp³-hybridized carbons (Fsp3) is 0.368. The Bertz CT molecular complexity index is 995. The summed E-state index contributed by atoms with van der Waals surface area (Å²) in [4.78, 5) is 6.70. The minimum atomic E-state index is 0.454. The standard InChI is InChI=1S/C19H18N6/c20-11-14-10-17(15-3-1-2-4-16(15)21-14)24-7-8-25-18(9-13-5-6-13)22-23-19(25)12-24/h1-4,10,13H,5-9,12H2. The van der Waals surface area contributed by atoms with E-state index in [4.69, 9.17) is 0 Å². The van der Waals surface area contributed by atoms with E-state index in [1.807, 2.05) is 24.3 Å².